The number of halogens is 1. The Kier molecular flexibility index (Phi) is 4.04. The van der Waals surface area contributed by atoms with Crippen molar-refractivity contribution < 1.29 is 8.91 Å². The average Bonchev–Trinajstić information content (AvgIpc) is 2.78. The number of benzene rings is 1. The van der Waals surface area contributed by atoms with E-state index < -0.39 is 0 Å². The summed E-state index contributed by atoms with van der Waals surface area (Å²) in [6.07, 6.45) is 0. The van der Waals surface area contributed by atoms with Gasteiger partial charge in [-0.3, -0.25) is 0 Å². The van der Waals surface area contributed by atoms with Crippen molar-refractivity contribution in [2.24, 2.45) is 5.92 Å². The van der Waals surface area contributed by atoms with Crippen molar-refractivity contribution in [3.8, 4) is 11.4 Å². The third kappa shape index (κ3) is 3.13. The minimum Gasteiger partial charge on any atom is -0.338 e. The summed E-state index contributed by atoms with van der Waals surface area (Å²) in [5.41, 5.74) is 0.358. The molecule has 1 aromatic carbocycles. The summed E-state index contributed by atoms with van der Waals surface area (Å²) in [7, 11) is 0. The lowest BCUT2D eigenvalue weighted by Crippen LogP contribution is -2.19. The van der Waals surface area contributed by atoms with Crippen molar-refractivity contribution in [1.29, 1.82) is 0 Å². The topological polar surface area (TPSA) is 51.0 Å². The van der Waals surface area contributed by atoms with Gasteiger partial charge in [-0.2, -0.15) is 4.98 Å². The quantitative estimate of drug-likeness (QED) is 0.885. The molecule has 2 rings (SSSR count). The molecule has 0 aliphatic heterocycles. The number of nitrogens with zero attached hydrogens (tertiary/aromatic N) is 2. The van der Waals surface area contributed by atoms with Crippen molar-refractivity contribution in [3.05, 3.63) is 36.0 Å². The molecular formula is C13H16FN3O. The smallest absolute Gasteiger partial charge is 0.240 e. The van der Waals surface area contributed by atoms with E-state index in [-0.39, 0.29) is 11.6 Å². The van der Waals surface area contributed by atoms with Crippen LogP contribution in [-0.2, 0) is 6.54 Å². The van der Waals surface area contributed by atoms with Crippen molar-refractivity contribution in [3.63, 3.8) is 0 Å². The van der Waals surface area contributed by atoms with Crippen LogP contribution in [0, 0.1) is 11.7 Å². The summed E-state index contributed by atoms with van der Waals surface area (Å²) < 4.78 is 18.6. The van der Waals surface area contributed by atoms with E-state index in [0.717, 1.165) is 6.54 Å². The van der Waals surface area contributed by atoms with Crippen LogP contribution in [0.1, 0.15) is 19.7 Å². The fourth-order valence-electron chi connectivity index (χ4n) is 1.55. The molecule has 18 heavy (non-hydrogen) atoms. The zero-order valence-corrected chi connectivity index (χ0v) is 10.5. The predicted molar refractivity (Wildman–Crippen MR) is 66.2 cm³/mol. The maximum Gasteiger partial charge on any atom is 0.240 e. The maximum absolute atomic E-state index is 13.5. The van der Waals surface area contributed by atoms with E-state index in [2.05, 4.69) is 29.3 Å². The van der Waals surface area contributed by atoms with E-state index in [1.54, 1.807) is 18.2 Å². The fourth-order valence-corrected chi connectivity index (χ4v) is 1.55. The Morgan fingerprint density at radius 3 is 2.83 bits per heavy atom. The van der Waals surface area contributed by atoms with Crippen LogP contribution < -0.4 is 5.32 Å². The second-order valence-electron chi connectivity index (χ2n) is 4.52. The molecule has 1 aromatic heterocycles. The number of rotatable bonds is 5. The molecule has 1 N–H and O–H groups in total. The summed E-state index contributed by atoms with van der Waals surface area (Å²) in [5, 5.41) is 6.97. The van der Waals surface area contributed by atoms with Crippen LogP contribution in [0.2, 0.25) is 0 Å². The minimum atomic E-state index is -0.347. The summed E-state index contributed by atoms with van der Waals surface area (Å²) in [4.78, 5) is 4.16. The SMILES string of the molecule is CC(C)CNCc1nc(-c2ccccc2F)no1. The molecule has 2 aromatic rings. The van der Waals surface area contributed by atoms with Gasteiger partial charge in [-0.05, 0) is 24.6 Å². The highest BCUT2D eigenvalue weighted by atomic mass is 19.1. The van der Waals surface area contributed by atoms with E-state index >= 15 is 0 Å². The highest BCUT2D eigenvalue weighted by Crippen LogP contribution is 2.18. The van der Waals surface area contributed by atoms with E-state index in [1.165, 1.54) is 6.07 Å². The van der Waals surface area contributed by atoms with Crippen LogP contribution >= 0.6 is 0 Å². The molecular weight excluding hydrogens is 233 g/mol. The highest BCUT2D eigenvalue weighted by Gasteiger charge is 2.11. The van der Waals surface area contributed by atoms with Crippen molar-refractivity contribution >= 4 is 0 Å². The second-order valence-corrected chi connectivity index (χ2v) is 4.52. The molecule has 0 saturated heterocycles. The number of aromatic nitrogens is 2. The molecule has 0 aliphatic carbocycles. The van der Waals surface area contributed by atoms with Gasteiger partial charge in [-0.1, -0.05) is 31.1 Å². The van der Waals surface area contributed by atoms with Crippen molar-refractivity contribution in [2.45, 2.75) is 20.4 Å². The monoisotopic (exact) mass is 249 g/mol. The Labute approximate surface area is 105 Å². The molecule has 0 fully saturated rings. The Hall–Kier alpha value is -1.75. The summed E-state index contributed by atoms with van der Waals surface area (Å²) in [6.45, 7) is 5.61. The first-order valence-corrected chi connectivity index (χ1v) is 5.95. The van der Waals surface area contributed by atoms with Gasteiger partial charge in [-0.25, -0.2) is 4.39 Å². The molecule has 0 radical (unpaired) electrons. The van der Waals surface area contributed by atoms with Gasteiger partial charge in [0.2, 0.25) is 11.7 Å². The maximum atomic E-state index is 13.5. The van der Waals surface area contributed by atoms with E-state index in [4.69, 9.17) is 4.52 Å². The van der Waals surface area contributed by atoms with Gasteiger partial charge in [0.15, 0.2) is 0 Å². The molecule has 0 unspecified atom stereocenters. The van der Waals surface area contributed by atoms with Gasteiger partial charge >= 0.3 is 0 Å². The van der Waals surface area contributed by atoms with Crippen LogP contribution in [0.15, 0.2) is 28.8 Å². The molecule has 1 heterocycles. The molecule has 0 amide bonds. The van der Waals surface area contributed by atoms with Gasteiger partial charge in [0, 0.05) is 0 Å². The minimum absolute atomic E-state index is 0.287. The molecule has 0 saturated carbocycles. The fraction of sp³-hybridized carbons (Fsp3) is 0.385. The largest absolute Gasteiger partial charge is 0.338 e. The highest BCUT2D eigenvalue weighted by molar-refractivity contribution is 5.54. The third-order valence-corrected chi connectivity index (χ3v) is 2.41. The Bertz CT molecular complexity index is 510. The van der Waals surface area contributed by atoms with Crippen LogP contribution in [0.25, 0.3) is 11.4 Å². The number of hydrogen-bond donors (Lipinski definition) is 1. The predicted octanol–water partition coefficient (Wildman–Crippen LogP) is 2.62. The molecule has 96 valence electrons. The van der Waals surface area contributed by atoms with Crippen LogP contribution in [0.4, 0.5) is 4.39 Å². The Balaban J connectivity index is 2.04. The first-order chi connectivity index (χ1) is 8.66. The van der Waals surface area contributed by atoms with Gasteiger partial charge < -0.3 is 9.84 Å². The third-order valence-electron chi connectivity index (χ3n) is 2.41. The summed E-state index contributed by atoms with van der Waals surface area (Å²) in [5.74, 6) is 0.960. The summed E-state index contributed by atoms with van der Waals surface area (Å²) in [6, 6.07) is 6.38. The van der Waals surface area contributed by atoms with Gasteiger partial charge in [0.05, 0.1) is 12.1 Å². The summed E-state index contributed by atoms with van der Waals surface area (Å²) >= 11 is 0. The van der Waals surface area contributed by atoms with Crippen LogP contribution in [-0.4, -0.2) is 16.7 Å². The van der Waals surface area contributed by atoms with E-state index in [0.29, 0.717) is 23.9 Å². The molecule has 0 spiro atoms. The van der Waals surface area contributed by atoms with Gasteiger partial charge in [0.25, 0.3) is 0 Å². The lowest BCUT2D eigenvalue weighted by atomic mass is 10.2. The first-order valence-electron chi connectivity index (χ1n) is 5.95. The van der Waals surface area contributed by atoms with Crippen LogP contribution in [0.3, 0.4) is 0 Å². The Morgan fingerprint density at radius 1 is 1.33 bits per heavy atom. The lowest BCUT2D eigenvalue weighted by molar-refractivity contribution is 0.364. The molecule has 0 aliphatic rings. The molecule has 0 bridgehead atoms. The standard InChI is InChI=1S/C13H16FN3O/c1-9(2)7-15-8-12-16-13(17-18-12)10-5-3-4-6-11(10)14/h3-6,9,15H,7-8H2,1-2H3. The van der Waals surface area contributed by atoms with Crippen LogP contribution in [0.5, 0.6) is 0 Å². The average molecular weight is 249 g/mol. The zero-order valence-electron chi connectivity index (χ0n) is 10.5. The first kappa shape index (κ1) is 12.7. The van der Waals surface area contributed by atoms with Gasteiger partial charge in [0.1, 0.15) is 5.82 Å². The van der Waals surface area contributed by atoms with Gasteiger partial charge in [-0.15, -0.1) is 0 Å². The van der Waals surface area contributed by atoms with E-state index in [9.17, 15) is 4.39 Å². The molecule has 5 heteroatoms. The zero-order chi connectivity index (χ0) is 13.0. The van der Waals surface area contributed by atoms with Crippen molar-refractivity contribution in [2.75, 3.05) is 6.54 Å². The number of nitrogens with one attached hydrogen (secondary N) is 1. The lowest BCUT2D eigenvalue weighted by Gasteiger charge is -2.03. The molecule has 0 atom stereocenters. The van der Waals surface area contributed by atoms with Crippen molar-refractivity contribution in [1.82, 2.24) is 15.5 Å². The Morgan fingerprint density at radius 2 is 2.11 bits per heavy atom. The second kappa shape index (κ2) is 5.73. The number of hydrogen-bond acceptors (Lipinski definition) is 4. The van der Waals surface area contributed by atoms with E-state index in [1.807, 2.05) is 0 Å². The molecule has 4 nitrogen and oxygen atoms in total. The normalized spacial score (nSPS) is 11.1.